The van der Waals surface area contributed by atoms with Crippen LogP contribution in [0.2, 0.25) is 0 Å². The number of para-hydroxylation sites is 2. The zero-order valence-corrected chi connectivity index (χ0v) is 34.6. The lowest BCUT2D eigenvalue weighted by molar-refractivity contribution is 0.669. The van der Waals surface area contributed by atoms with Crippen LogP contribution in [0.3, 0.4) is 0 Å². The molecule has 0 aliphatic carbocycles. The van der Waals surface area contributed by atoms with Crippen molar-refractivity contribution in [1.82, 2.24) is 0 Å². The second-order valence-electron chi connectivity index (χ2n) is 16.7. The molecule has 0 fully saturated rings. The van der Waals surface area contributed by atoms with Gasteiger partial charge in [-0.3, -0.25) is 0 Å². The number of hydrogen-bond acceptors (Lipinski definition) is 4. The average molecular weight is 823 g/mol. The molecule has 0 bridgehead atoms. The first-order chi connectivity index (χ1) is 30.7. The van der Waals surface area contributed by atoms with Crippen LogP contribution in [0.1, 0.15) is 0 Å². The lowest BCUT2D eigenvalue weighted by Gasteiger charge is -2.16. The van der Waals surface area contributed by atoms with Gasteiger partial charge >= 0.3 is 0 Å². The Bertz CT molecular complexity index is 4170. The number of furan rings is 2. The molecule has 0 saturated heterocycles. The van der Waals surface area contributed by atoms with Crippen LogP contribution in [0, 0.1) is 0 Å². The summed E-state index contributed by atoms with van der Waals surface area (Å²) in [5, 5.41) is 19.4. The van der Waals surface area contributed by atoms with E-state index in [0.717, 1.165) is 43.9 Å². The molecule has 0 unspecified atom stereocenters. The van der Waals surface area contributed by atoms with Crippen molar-refractivity contribution in [2.45, 2.75) is 0 Å². The van der Waals surface area contributed by atoms with Gasteiger partial charge in [0.15, 0.2) is 0 Å². The van der Waals surface area contributed by atoms with E-state index in [1.54, 1.807) is 0 Å². The monoisotopic (exact) mass is 822 g/mol. The first kappa shape index (κ1) is 33.2. The normalized spacial score (nSPS) is 12.5. The predicted molar refractivity (Wildman–Crippen MR) is 268 cm³/mol. The maximum atomic E-state index is 6.61. The van der Waals surface area contributed by atoms with Crippen LogP contribution in [0.5, 0.6) is 0 Å². The van der Waals surface area contributed by atoms with Gasteiger partial charge in [-0.2, -0.15) is 0 Å². The molecule has 4 aromatic heterocycles. The summed E-state index contributed by atoms with van der Waals surface area (Å²) in [6.45, 7) is 0. The molecule has 4 heteroatoms. The number of fused-ring (bicyclic) bond motifs is 18. The van der Waals surface area contributed by atoms with Gasteiger partial charge in [-0.25, -0.2) is 0 Å². The molecule has 4 heterocycles. The standard InChI is InChI=1S/C58H30O2S2/c1-5-19-51-33(11-1)49-27-45-43(39-17-9-15-37-35-13-3-7-21-55(35)61-57(37)39)25-31-24-42-32(23-41(31)47(45)29-53(49)59-51)26-44(40-18-10-16-38-36-14-4-8-22-56(36)62-58(38)40)46-28-50-34-12-2-6-20-52(34)60-54(50)30-48(42)46/h1-30H. The highest BCUT2D eigenvalue weighted by Crippen LogP contribution is 2.49. The Morgan fingerprint density at radius 2 is 0.661 bits per heavy atom. The zero-order valence-electron chi connectivity index (χ0n) is 33.0. The Labute approximate surface area is 361 Å². The molecule has 0 N–H and O–H groups in total. The second-order valence-corrected chi connectivity index (χ2v) is 18.8. The third-order valence-electron chi connectivity index (χ3n) is 13.4. The molecule has 0 aliphatic rings. The van der Waals surface area contributed by atoms with Gasteiger partial charge in [0.1, 0.15) is 22.3 Å². The minimum absolute atomic E-state index is 0.903. The SMILES string of the molecule is c1ccc2c(c1)oc1cc3c(cc12)c(-c1cccc2c1sc1ccccc12)cc1cc2c(cc(-c4cccc5c4sc4ccccc45)c4cc5c(cc42)oc2ccccc25)cc13. The van der Waals surface area contributed by atoms with Crippen molar-refractivity contribution >= 4 is 150 Å². The average Bonchev–Trinajstić information content (AvgIpc) is 4.09. The van der Waals surface area contributed by atoms with Crippen LogP contribution in [0.15, 0.2) is 191 Å². The molecule has 0 aliphatic heterocycles. The quantitative estimate of drug-likeness (QED) is 0.128. The summed E-state index contributed by atoms with van der Waals surface area (Å²) in [6.07, 6.45) is 0. The largest absolute Gasteiger partial charge is 0.456 e. The van der Waals surface area contributed by atoms with Crippen LogP contribution >= 0.6 is 22.7 Å². The molecule has 15 aromatic rings. The Hall–Kier alpha value is -7.50. The van der Waals surface area contributed by atoms with E-state index in [2.05, 4.69) is 182 Å². The summed E-state index contributed by atoms with van der Waals surface area (Å²) in [7, 11) is 0. The van der Waals surface area contributed by atoms with Gasteiger partial charge in [-0.05, 0) is 127 Å². The molecule has 0 atom stereocenters. The third-order valence-corrected chi connectivity index (χ3v) is 15.8. The van der Waals surface area contributed by atoms with Gasteiger partial charge in [-0.1, -0.05) is 109 Å². The summed E-state index contributed by atoms with van der Waals surface area (Å²) in [5.74, 6) is 0. The lowest BCUT2D eigenvalue weighted by Crippen LogP contribution is -1.89. The Morgan fingerprint density at radius 3 is 1.15 bits per heavy atom. The predicted octanol–water partition coefficient (Wildman–Crippen LogP) is 18.2. The maximum Gasteiger partial charge on any atom is 0.136 e. The summed E-state index contributed by atoms with van der Waals surface area (Å²) in [6, 6.07) is 67.2. The van der Waals surface area contributed by atoms with E-state index >= 15 is 0 Å². The molecule has 0 amide bonds. The maximum absolute atomic E-state index is 6.61. The van der Waals surface area contributed by atoms with E-state index in [0.29, 0.717) is 0 Å². The zero-order chi connectivity index (χ0) is 40.2. The lowest BCUT2D eigenvalue weighted by atomic mass is 9.87. The molecule has 15 rings (SSSR count). The van der Waals surface area contributed by atoms with Crippen molar-refractivity contribution in [2.75, 3.05) is 0 Å². The Balaban J connectivity index is 1.10. The minimum atomic E-state index is 0.903. The van der Waals surface area contributed by atoms with Gasteiger partial charge in [0.25, 0.3) is 0 Å². The minimum Gasteiger partial charge on any atom is -0.456 e. The van der Waals surface area contributed by atoms with Crippen LogP contribution in [0.4, 0.5) is 0 Å². The number of thiophene rings is 2. The molecule has 0 saturated carbocycles. The highest BCUT2D eigenvalue weighted by molar-refractivity contribution is 7.26. The summed E-state index contributed by atoms with van der Waals surface area (Å²) in [4.78, 5) is 0. The smallest absolute Gasteiger partial charge is 0.136 e. The van der Waals surface area contributed by atoms with Gasteiger partial charge in [0.05, 0.1) is 0 Å². The highest BCUT2D eigenvalue weighted by atomic mass is 32.1. The van der Waals surface area contributed by atoms with Gasteiger partial charge in [0.2, 0.25) is 0 Å². The van der Waals surface area contributed by atoms with Gasteiger partial charge in [0, 0.05) is 73.0 Å². The number of rotatable bonds is 2. The molecule has 0 spiro atoms. The first-order valence-corrected chi connectivity index (χ1v) is 22.7. The van der Waals surface area contributed by atoms with Crippen molar-refractivity contribution in [3.05, 3.63) is 182 Å². The summed E-state index contributed by atoms with van der Waals surface area (Å²) in [5.41, 5.74) is 8.59. The van der Waals surface area contributed by atoms with Crippen molar-refractivity contribution in [2.24, 2.45) is 0 Å². The van der Waals surface area contributed by atoms with E-state index < -0.39 is 0 Å². The van der Waals surface area contributed by atoms with Crippen LogP contribution in [0.25, 0.3) is 150 Å². The molecule has 62 heavy (non-hydrogen) atoms. The van der Waals surface area contributed by atoms with Crippen molar-refractivity contribution in [3.63, 3.8) is 0 Å². The van der Waals surface area contributed by atoms with Crippen molar-refractivity contribution in [3.8, 4) is 22.3 Å². The summed E-state index contributed by atoms with van der Waals surface area (Å²) < 4.78 is 18.5. The molecule has 2 nitrogen and oxygen atoms in total. The third kappa shape index (κ3) is 4.47. The molecular formula is C58H30O2S2. The fourth-order valence-corrected chi connectivity index (χ4v) is 13.1. The van der Waals surface area contributed by atoms with Gasteiger partial charge in [-0.15, -0.1) is 22.7 Å². The highest BCUT2D eigenvalue weighted by Gasteiger charge is 2.21. The fourth-order valence-electron chi connectivity index (χ4n) is 10.6. The van der Waals surface area contributed by atoms with E-state index in [1.165, 1.54) is 106 Å². The Morgan fingerprint density at radius 1 is 0.242 bits per heavy atom. The molecular weight excluding hydrogens is 793 g/mol. The van der Waals surface area contributed by atoms with E-state index in [4.69, 9.17) is 8.83 Å². The van der Waals surface area contributed by atoms with Crippen LogP contribution in [-0.2, 0) is 0 Å². The topological polar surface area (TPSA) is 26.3 Å². The van der Waals surface area contributed by atoms with Crippen LogP contribution < -0.4 is 0 Å². The molecule has 0 radical (unpaired) electrons. The van der Waals surface area contributed by atoms with Crippen molar-refractivity contribution < 1.29 is 8.83 Å². The first-order valence-electron chi connectivity index (χ1n) is 21.0. The second kappa shape index (κ2) is 12.1. The fraction of sp³-hybridized carbons (Fsp3) is 0. The van der Waals surface area contributed by atoms with Gasteiger partial charge < -0.3 is 8.83 Å². The van der Waals surface area contributed by atoms with E-state index in [9.17, 15) is 0 Å². The number of hydrogen-bond donors (Lipinski definition) is 0. The Kier molecular flexibility index (Phi) is 6.48. The number of benzene rings is 11. The molecule has 286 valence electrons. The summed E-state index contributed by atoms with van der Waals surface area (Å²) >= 11 is 3.77. The van der Waals surface area contributed by atoms with E-state index in [1.807, 2.05) is 22.7 Å². The van der Waals surface area contributed by atoms with Crippen LogP contribution in [-0.4, -0.2) is 0 Å². The molecule has 11 aromatic carbocycles. The van der Waals surface area contributed by atoms with Crippen molar-refractivity contribution in [1.29, 1.82) is 0 Å². The van der Waals surface area contributed by atoms with E-state index in [-0.39, 0.29) is 0 Å².